The van der Waals surface area contributed by atoms with Gasteiger partial charge in [-0.05, 0) is 53.8 Å². The molecule has 1 aliphatic heterocycles. The maximum Gasteiger partial charge on any atom is 0.150 e. The first-order valence-corrected chi connectivity index (χ1v) is 6.66. The van der Waals surface area contributed by atoms with Gasteiger partial charge in [0.25, 0.3) is 0 Å². The molecule has 1 aliphatic rings. The molecule has 0 N–H and O–H groups in total. The average Bonchev–Trinajstić information content (AvgIpc) is 2.46. The number of rotatable bonds is 2. The lowest BCUT2D eigenvalue weighted by Gasteiger charge is -2.18. The summed E-state index contributed by atoms with van der Waals surface area (Å²) in [6.07, 6.45) is 2.90. The number of carbonyl (C=O) groups excluding carboxylic acids is 1. The van der Waals surface area contributed by atoms with Gasteiger partial charge in [-0.15, -0.1) is 0 Å². The van der Waals surface area contributed by atoms with E-state index in [9.17, 15) is 4.79 Å². The highest BCUT2D eigenvalue weighted by atomic mass is 35.5. The van der Waals surface area contributed by atoms with Crippen LogP contribution in [0.15, 0.2) is 36.4 Å². The van der Waals surface area contributed by atoms with Crippen molar-refractivity contribution in [1.29, 1.82) is 0 Å². The van der Waals surface area contributed by atoms with Crippen molar-refractivity contribution >= 4 is 17.9 Å². The maximum absolute atomic E-state index is 11.2. The minimum Gasteiger partial charge on any atom is -0.493 e. The minimum absolute atomic E-state index is 0.576. The molecule has 0 aliphatic carbocycles. The summed E-state index contributed by atoms with van der Waals surface area (Å²) in [5.41, 5.74) is 3.76. The molecule has 0 unspecified atom stereocenters. The number of carbonyl (C=O) groups is 1. The van der Waals surface area contributed by atoms with Crippen LogP contribution in [-0.2, 0) is 6.42 Å². The molecule has 0 saturated carbocycles. The van der Waals surface area contributed by atoms with E-state index in [1.165, 1.54) is 5.56 Å². The number of aryl methyl sites for hydroxylation is 1. The summed E-state index contributed by atoms with van der Waals surface area (Å²) >= 11 is 5.92. The molecular weight excluding hydrogens is 260 g/mol. The lowest BCUT2D eigenvalue weighted by atomic mass is 9.96. The Morgan fingerprint density at radius 2 is 2.05 bits per heavy atom. The molecule has 0 aromatic heterocycles. The second-order valence-electron chi connectivity index (χ2n) is 4.62. The molecule has 96 valence electrons. The first-order chi connectivity index (χ1) is 9.28. The molecule has 3 rings (SSSR count). The van der Waals surface area contributed by atoms with Crippen LogP contribution in [0.5, 0.6) is 5.75 Å². The zero-order chi connectivity index (χ0) is 13.2. The summed E-state index contributed by atoms with van der Waals surface area (Å²) in [5, 5.41) is 0.576. The van der Waals surface area contributed by atoms with Crippen molar-refractivity contribution in [3.63, 3.8) is 0 Å². The predicted octanol–water partition coefficient (Wildman–Crippen LogP) is 4.14. The zero-order valence-corrected chi connectivity index (χ0v) is 11.1. The van der Waals surface area contributed by atoms with Crippen LogP contribution in [0.4, 0.5) is 0 Å². The molecule has 0 saturated heterocycles. The monoisotopic (exact) mass is 272 g/mol. The van der Waals surface area contributed by atoms with Crippen molar-refractivity contribution in [2.75, 3.05) is 6.61 Å². The molecule has 1 heterocycles. The molecule has 2 aromatic carbocycles. The average molecular weight is 273 g/mol. The van der Waals surface area contributed by atoms with E-state index in [0.29, 0.717) is 10.6 Å². The van der Waals surface area contributed by atoms with Gasteiger partial charge in [-0.1, -0.05) is 23.7 Å². The van der Waals surface area contributed by atoms with E-state index < -0.39 is 0 Å². The van der Waals surface area contributed by atoms with Gasteiger partial charge in [-0.3, -0.25) is 4.79 Å². The number of hydrogen-bond donors (Lipinski definition) is 0. The standard InChI is InChI=1S/C16H13ClO2/c17-14-4-5-15(13(9-14)10-18)11-3-6-16-12(8-11)2-1-7-19-16/h3-6,8-10H,1-2,7H2. The van der Waals surface area contributed by atoms with E-state index in [1.807, 2.05) is 18.2 Å². The van der Waals surface area contributed by atoms with Crippen molar-refractivity contribution < 1.29 is 9.53 Å². The van der Waals surface area contributed by atoms with Crippen LogP contribution in [0.25, 0.3) is 11.1 Å². The van der Waals surface area contributed by atoms with Crippen LogP contribution in [0, 0.1) is 0 Å². The molecular formula is C16H13ClO2. The molecule has 0 bridgehead atoms. The highest BCUT2D eigenvalue weighted by molar-refractivity contribution is 6.31. The van der Waals surface area contributed by atoms with E-state index in [1.54, 1.807) is 12.1 Å². The van der Waals surface area contributed by atoms with Gasteiger partial charge in [0.05, 0.1) is 6.61 Å². The SMILES string of the molecule is O=Cc1cc(Cl)ccc1-c1ccc2c(c1)CCCO2. The van der Waals surface area contributed by atoms with E-state index in [-0.39, 0.29) is 0 Å². The highest BCUT2D eigenvalue weighted by Gasteiger charge is 2.12. The third kappa shape index (κ3) is 2.36. The van der Waals surface area contributed by atoms with Crippen molar-refractivity contribution in [3.05, 3.63) is 52.5 Å². The summed E-state index contributed by atoms with van der Waals surface area (Å²) in [5.74, 6) is 0.955. The van der Waals surface area contributed by atoms with E-state index >= 15 is 0 Å². The van der Waals surface area contributed by atoms with E-state index in [2.05, 4.69) is 6.07 Å². The van der Waals surface area contributed by atoms with Crippen LogP contribution in [0.1, 0.15) is 22.3 Å². The van der Waals surface area contributed by atoms with Gasteiger partial charge in [0.15, 0.2) is 6.29 Å². The maximum atomic E-state index is 11.2. The van der Waals surface area contributed by atoms with Crippen molar-refractivity contribution in [1.82, 2.24) is 0 Å². The van der Waals surface area contributed by atoms with Crippen LogP contribution in [-0.4, -0.2) is 12.9 Å². The quantitative estimate of drug-likeness (QED) is 0.768. The van der Waals surface area contributed by atoms with Gasteiger partial charge in [-0.2, -0.15) is 0 Å². The fourth-order valence-electron chi connectivity index (χ4n) is 2.42. The Kier molecular flexibility index (Phi) is 3.26. The molecule has 19 heavy (non-hydrogen) atoms. The number of hydrogen-bond acceptors (Lipinski definition) is 2. The number of fused-ring (bicyclic) bond motifs is 1. The highest BCUT2D eigenvalue weighted by Crippen LogP contribution is 2.32. The molecule has 0 spiro atoms. The van der Waals surface area contributed by atoms with Gasteiger partial charge < -0.3 is 4.74 Å². The van der Waals surface area contributed by atoms with Gasteiger partial charge in [0.2, 0.25) is 0 Å². The van der Waals surface area contributed by atoms with Crippen molar-refractivity contribution in [2.45, 2.75) is 12.8 Å². The summed E-state index contributed by atoms with van der Waals surface area (Å²) in [6.45, 7) is 0.785. The number of ether oxygens (including phenoxy) is 1. The molecule has 0 radical (unpaired) electrons. The number of benzene rings is 2. The number of halogens is 1. The van der Waals surface area contributed by atoms with Gasteiger partial charge in [0, 0.05) is 10.6 Å². The largest absolute Gasteiger partial charge is 0.493 e. The first-order valence-electron chi connectivity index (χ1n) is 6.29. The summed E-state index contributed by atoms with van der Waals surface area (Å²) < 4.78 is 5.60. The Morgan fingerprint density at radius 1 is 1.16 bits per heavy atom. The lowest BCUT2D eigenvalue weighted by molar-refractivity contribution is 0.112. The Morgan fingerprint density at radius 3 is 2.89 bits per heavy atom. The summed E-state index contributed by atoms with van der Waals surface area (Å²) in [7, 11) is 0. The summed E-state index contributed by atoms with van der Waals surface area (Å²) in [4.78, 5) is 11.2. The summed E-state index contributed by atoms with van der Waals surface area (Å²) in [6, 6.07) is 11.5. The molecule has 0 fully saturated rings. The zero-order valence-electron chi connectivity index (χ0n) is 10.4. The third-order valence-corrected chi connectivity index (χ3v) is 3.60. The van der Waals surface area contributed by atoms with Gasteiger partial charge >= 0.3 is 0 Å². The first kappa shape index (κ1) is 12.2. The Bertz CT molecular complexity index is 635. The normalized spacial score (nSPS) is 13.5. The molecule has 3 heteroatoms. The van der Waals surface area contributed by atoms with Crippen LogP contribution >= 0.6 is 11.6 Å². The lowest BCUT2D eigenvalue weighted by Crippen LogP contribution is -2.08. The van der Waals surface area contributed by atoms with Gasteiger partial charge in [-0.25, -0.2) is 0 Å². The molecule has 2 aromatic rings. The van der Waals surface area contributed by atoms with Crippen LogP contribution in [0.3, 0.4) is 0 Å². The Balaban J connectivity index is 2.09. The molecule has 0 atom stereocenters. The van der Waals surface area contributed by atoms with Crippen molar-refractivity contribution in [3.8, 4) is 16.9 Å². The topological polar surface area (TPSA) is 26.3 Å². The Labute approximate surface area is 117 Å². The third-order valence-electron chi connectivity index (χ3n) is 3.36. The molecule has 0 amide bonds. The second kappa shape index (κ2) is 5.06. The molecule has 2 nitrogen and oxygen atoms in total. The van der Waals surface area contributed by atoms with E-state index in [4.69, 9.17) is 16.3 Å². The van der Waals surface area contributed by atoms with Crippen molar-refractivity contribution in [2.24, 2.45) is 0 Å². The second-order valence-corrected chi connectivity index (χ2v) is 5.06. The fraction of sp³-hybridized carbons (Fsp3) is 0.188. The van der Waals surface area contributed by atoms with E-state index in [0.717, 1.165) is 42.6 Å². The van der Waals surface area contributed by atoms with Crippen LogP contribution in [0.2, 0.25) is 5.02 Å². The number of aldehydes is 1. The minimum atomic E-state index is 0.576. The smallest absolute Gasteiger partial charge is 0.150 e. The van der Waals surface area contributed by atoms with Gasteiger partial charge in [0.1, 0.15) is 5.75 Å². The fourth-order valence-corrected chi connectivity index (χ4v) is 2.60. The van der Waals surface area contributed by atoms with Crippen LogP contribution < -0.4 is 4.74 Å². The Hall–Kier alpha value is -1.80. The predicted molar refractivity (Wildman–Crippen MR) is 76.1 cm³/mol.